The fourth-order valence-corrected chi connectivity index (χ4v) is 4.34. The van der Waals surface area contributed by atoms with Crippen molar-refractivity contribution >= 4 is 17.5 Å². The normalized spacial score (nSPS) is 13.9. The summed E-state index contributed by atoms with van der Waals surface area (Å²) < 4.78 is 5.98. The molecule has 0 heterocycles. The van der Waals surface area contributed by atoms with Gasteiger partial charge in [0.1, 0.15) is 12.4 Å². The Balaban J connectivity index is 1.52. The van der Waals surface area contributed by atoms with E-state index in [1.807, 2.05) is 30.3 Å². The molecule has 0 saturated heterocycles. The highest BCUT2D eigenvalue weighted by molar-refractivity contribution is 6.31. The van der Waals surface area contributed by atoms with Crippen molar-refractivity contribution in [3.63, 3.8) is 0 Å². The summed E-state index contributed by atoms with van der Waals surface area (Å²) in [6.45, 7) is 2.49. The van der Waals surface area contributed by atoms with Crippen LogP contribution in [0.5, 0.6) is 5.75 Å². The molecular weight excluding hydrogens is 406 g/mol. The van der Waals surface area contributed by atoms with Crippen LogP contribution in [0.3, 0.4) is 0 Å². The maximum atomic E-state index is 13.2. The molecule has 1 aliphatic carbocycles. The molecule has 3 nitrogen and oxygen atoms in total. The first kappa shape index (κ1) is 21.5. The van der Waals surface area contributed by atoms with E-state index < -0.39 is 0 Å². The zero-order valence-corrected chi connectivity index (χ0v) is 18.6. The second-order valence-electron chi connectivity index (χ2n) is 8.08. The molecule has 0 aliphatic heterocycles. The number of carbonyl (C=O) groups is 1. The van der Waals surface area contributed by atoms with E-state index in [0.717, 1.165) is 30.4 Å². The molecule has 3 aromatic rings. The zero-order chi connectivity index (χ0) is 21.6. The maximum Gasteiger partial charge on any atom is 0.255 e. The lowest BCUT2D eigenvalue weighted by molar-refractivity contribution is 0.0931. The molecule has 4 heteroatoms. The lowest BCUT2D eigenvalue weighted by Crippen LogP contribution is -2.28. The Bertz CT molecular complexity index is 1050. The minimum atomic E-state index is -0.171. The van der Waals surface area contributed by atoms with Crippen LogP contribution < -0.4 is 10.1 Å². The summed E-state index contributed by atoms with van der Waals surface area (Å²) in [5, 5.41) is 3.71. The van der Waals surface area contributed by atoms with E-state index in [-0.39, 0.29) is 11.9 Å². The molecule has 0 fully saturated rings. The van der Waals surface area contributed by atoms with Crippen molar-refractivity contribution in [1.82, 2.24) is 5.32 Å². The van der Waals surface area contributed by atoms with Crippen LogP contribution in [0, 0.1) is 0 Å². The molecule has 4 rings (SSSR count). The van der Waals surface area contributed by atoms with Gasteiger partial charge in [-0.25, -0.2) is 0 Å². The minimum absolute atomic E-state index is 0.0549. The van der Waals surface area contributed by atoms with Gasteiger partial charge < -0.3 is 10.1 Å². The van der Waals surface area contributed by atoms with E-state index >= 15 is 0 Å². The second-order valence-corrected chi connectivity index (χ2v) is 8.52. The molecule has 0 unspecified atom stereocenters. The van der Waals surface area contributed by atoms with Crippen LogP contribution in [0.4, 0.5) is 0 Å². The highest BCUT2D eigenvalue weighted by atomic mass is 35.5. The smallest absolute Gasteiger partial charge is 0.255 e. The number of benzene rings is 3. The van der Waals surface area contributed by atoms with Gasteiger partial charge >= 0.3 is 0 Å². The van der Waals surface area contributed by atoms with Crippen molar-refractivity contribution in [2.45, 2.75) is 51.7 Å². The Morgan fingerprint density at radius 1 is 1.00 bits per heavy atom. The number of fused-ring (bicyclic) bond motifs is 1. The van der Waals surface area contributed by atoms with Gasteiger partial charge in [0.25, 0.3) is 5.91 Å². The monoisotopic (exact) mass is 433 g/mol. The molecule has 160 valence electrons. The number of halogens is 1. The first-order valence-electron chi connectivity index (χ1n) is 11.0. The first-order chi connectivity index (χ1) is 15.1. The van der Waals surface area contributed by atoms with Crippen molar-refractivity contribution in [2.24, 2.45) is 0 Å². The number of rotatable bonds is 7. The van der Waals surface area contributed by atoms with E-state index in [1.165, 1.54) is 24.0 Å². The average molecular weight is 434 g/mol. The molecule has 0 spiro atoms. The van der Waals surface area contributed by atoms with Crippen LogP contribution in [0.1, 0.15) is 64.8 Å². The van der Waals surface area contributed by atoms with Gasteiger partial charge in [-0.2, -0.15) is 0 Å². The van der Waals surface area contributed by atoms with Gasteiger partial charge in [-0.3, -0.25) is 4.79 Å². The summed E-state index contributed by atoms with van der Waals surface area (Å²) in [6.07, 6.45) is 5.60. The quantitative estimate of drug-likeness (QED) is 0.451. The summed E-state index contributed by atoms with van der Waals surface area (Å²) in [5.41, 5.74) is 5.53. The lowest BCUT2D eigenvalue weighted by Gasteiger charge is -2.22. The van der Waals surface area contributed by atoms with Crippen molar-refractivity contribution in [3.8, 4) is 5.75 Å². The molecule has 31 heavy (non-hydrogen) atoms. The molecule has 3 aromatic carbocycles. The summed E-state index contributed by atoms with van der Waals surface area (Å²) in [5.74, 6) is 0.362. The SMILES string of the molecule is CC[C@@H](NC(=O)c1cc(Cl)ccc1OCc1ccccc1)c1ccc2c(c1)CCCC2. The highest BCUT2D eigenvalue weighted by Gasteiger charge is 2.20. The molecule has 0 aromatic heterocycles. The summed E-state index contributed by atoms with van der Waals surface area (Å²) >= 11 is 6.21. The molecule has 1 aliphatic rings. The number of hydrogen-bond donors (Lipinski definition) is 1. The Morgan fingerprint density at radius 2 is 1.77 bits per heavy atom. The number of amides is 1. The van der Waals surface area contributed by atoms with E-state index in [0.29, 0.717) is 22.9 Å². The van der Waals surface area contributed by atoms with Crippen molar-refractivity contribution in [1.29, 1.82) is 0 Å². The minimum Gasteiger partial charge on any atom is -0.488 e. The van der Waals surface area contributed by atoms with Gasteiger partial charge in [0.2, 0.25) is 0 Å². The standard InChI is InChI=1S/C27H28ClNO2/c1-2-25(22-13-12-20-10-6-7-11-21(20)16-22)29-27(30)24-17-23(28)14-15-26(24)31-18-19-8-4-3-5-9-19/h3-5,8-9,12-17,25H,2,6-7,10-11,18H2,1H3,(H,29,30)/t25-/m1/s1. The van der Waals surface area contributed by atoms with Crippen LogP contribution in [0.25, 0.3) is 0 Å². The predicted octanol–water partition coefficient (Wildman–Crippen LogP) is 6.68. The molecule has 1 amide bonds. The van der Waals surface area contributed by atoms with Gasteiger partial charge in [-0.15, -0.1) is 0 Å². The number of carbonyl (C=O) groups excluding carboxylic acids is 1. The second kappa shape index (κ2) is 10.0. The Morgan fingerprint density at radius 3 is 2.55 bits per heavy atom. The molecule has 0 bridgehead atoms. The lowest BCUT2D eigenvalue weighted by atomic mass is 9.88. The first-order valence-corrected chi connectivity index (χ1v) is 11.4. The third-order valence-electron chi connectivity index (χ3n) is 5.91. The maximum absolute atomic E-state index is 13.2. The number of aryl methyl sites for hydroxylation is 2. The zero-order valence-electron chi connectivity index (χ0n) is 17.9. The Hall–Kier alpha value is -2.78. The molecule has 0 saturated carbocycles. The topological polar surface area (TPSA) is 38.3 Å². The average Bonchev–Trinajstić information content (AvgIpc) is 2.82. The van der Waals surface area contributed by atoms with Crippen molar-refractivity contribution in [2.75, 3.05) is 0 Å². The Labute approximate surface area is 189 Å². The van der Waals surface area contributed by atoms with Crippen LogP contribution in [0.2, 0.25) is 5.02 Å². The van der Waals surface area contributed by atoms with Crippen LogP contribution in [-0.4, -0.2) is 5.91 Å². The molecule has 1 N–H and O–H groups in total. The van der Waals surface area contributed by atoms with Gasteiger partial charge in [0, 0.05) is 5.02 Å². The van der Waals surface area contributed by atoms with Crippen LogP contribution in [0.15, 0.2) is 66.7 Å². The van der Waals surface area contributed by atoms with Gasteiger partial charge in [0.15, 0.2) is 0 Å². The predicted molar refractivity (Wildman–Crippen MR) is 126 cm³/mol. The van der Waals surface area contributed by atoms with Gasteiger partial charge in [0.05, 0.1) is 11.6 Å². The number of nitrogens with one attached hydrogen (secondary N) is 1. The van der Waals surface area contributed by atoms with E-state index in [9.17, 15) is 4.79 Å². The van der Waals surface area contributed by atoms with E-state index in [1.54, 1.807) is 18.2 Å². The third-order valence-corrected chi connectivity index (χ3v) is 6.15. The summed E-state index contributed by atoms with van der Waals surface area (Å²) in [7, 11) is 0. The molecular formula is C27H28ClNO2. The Kier molecular flexibility index (Phi) is 6.93. The highest BCUT2D eigenvalue weighted by Crippen LogP contribution is 2.28. The van der Waals surface area contributed by atoms with Crippen LogP contribution in [-0.2, 0) is 19.4 Å². The van der Waals surface area contributed by atoms with E-state index in [4.69, 9.17) is 16.3 Å². The van der Waals surface area contributed by atoms with E-state index in [2.05, 4.69) is 30.4 Å². The van der Waals surface area contributed by atoms with Crippen LogP contribution >= 0.6 is 11.6 Å². The summed E-state index contributed by atoms with van der Waals surface area (Å²) in [4.78, 5) is 13.2. The summed E-state index contributed by atoms with van der Waals surface area (Å²) in [6, 6.07) is 21.7. The molecule has 0 radical (unpaired) electrons. The third kappa shape index (κ3) is 5.29. The van der Waals surface area contributed by atoms with Gasteiger partial charge in [-0.1, -0.05) is 67.1 Å². The fraction of sp³-hybridized carbons (Fsp3) is 0.296. The van der Waals surface area contributed by atoms with Crippen molar-refractivity contribution in [3.05, 3.63) is 99.6 Å². The fourth-order valence-electron chi connectivity index (χ4n) is 4.17. The number of hydrogen-bond acceptors (Lipinski definition) is 2. The molecule has 1 atom stereocenters. The van der Waals surface area contributed by atoms with Gasteiger partial charge in [-0.05, 0) is 72.6 Å². The largest absolute Gasteiger partial charge is 0.488 e. The number of ether oxygens (including phenoxy) is 1. The van der Waals surface area contributed by atoms with Crippen molar-refractivity contribution < 1.29 is 9.53 Å².